The van der Waals surface area contributed by atoms with Gasteiger partial charge in [-0.3, -0.25) is 4.79 Å². The predicted octanol–water partition coefficient (Wildman–Crippen LogP) is 4.86. The van der Waals surface area contributed by atoms with Gasteiger partial charge in [-0.05, 0) is 50.6 Å². The molecule has 1 N–H and O–H groups in total. The summed E-state index contributed by atoms with van der Waals surface area (Å²) in [6.45, 7) is 0.431. The monoisotopic (exact) mass is 444 g/mol. The number of carbonyl (C=O) groups is 1. The molecule has 0 aliphatic rings. The molecule has 27 heavy (non-hydrogen) atoms. The van der Waals surface area contributed by atoms with Gasteiger partial charge in [-0.15, -0.1) is 11.3 Å². The summed E-state index contributed by atoms with van der Waals surface area (Å²) in [5, 5.41) is 5.84. The first-order chi connectivity index (χ1) is 13.2. The van der Waals surface area contributed by atoms with Crippen LogP contribution in [0.5, 0.6) is 11.5 Å². The van der Waals surface area contributed by atoms with Crippen molar-refractivity contribution in [2.24, 2.45) is 5.10 Å². The number of ether oxygens (including phenoxy) is 2. The lowest BCUT2D eigenvalue weighted by Crippen LogP contribution is -2.16. The maximum Gasteiger partial charge on any atom is 0.281 e. The standard InChI is InChI=1S/C20H17BrN2O3S/c1-25-17-11-15(12-22-23-20(24)18-8-5-9-27-18)10-16(21)19(17)26-13-14-6-3-2-4-7-14/h2-12H,13H2,1H3,(H,23,24)/b22-12-. The molecule has 0 atom stereocenters. The third-order valence-electron chi connectivity index (χ3n) is 3.60. The van der Waals surface area contributed by atoms with Crippen LogP contribution >= 0.6 is 27.3 Å². The molecule has 1 aromatic heterocycles. The summed E-state index contributed by atoms with van der Waals surface area (Å²) >= 11 is 4.87. The van der Waals surface area contributed by atoms with Crippen molar-refractivity contribution in [1.82, 2.24) is 5.43 Å². The van der Waals surface area contributed by atoms with Crippen molar-refractivity contribution in [2.45, 2.75) is 6.61 Å². The van der Waals surface area contributed by atoms with Crippen LogP contribution in [-0.2, 0) is 6.61 Å². The fourth-order valence-corrected chi connectivity index (χ4v) is 3.50. The van der Waals surface area contributed by atoms with Crippen LogP contribution in [0.4, 0.5) is 0 Å². The Morgan fingerprint density at radius 3 is 2.74 bits per heavy atom. The first-order valence-electron chi connectivity index (χ1n) is 8.08. The third-order valence-corrected chi connectivity index (χ3v) is 5.06. The molecule has 5 nitrogen and oxygen atoms in total. The minimum absolute atomic E-state index is 0.241. The number of benzene rings is 2. The van der Waals surface area contributed by atoms with E-state index in [-0.39, 0.29) is 5.91 Å². The summed E-state index contributed by atoms with van der Waals surface area (Å²) in [6, 6.07) is 17.1. The summed E-state index contributed by atoms with van der Waals surface area (Å²) in [7, 11) is 1.58. The number of hydrogen-bond acceptors (Lipinski definition) is 5. The number of nitrogens with one attached hydrogen (secondary N) is 1. The smallest absolute Gasteiger partial charge is 0.281 e. The molecular formula is C20H17BrN2O3S. The Kier molecular flexibility index (Phi) is 6.62. The van der Waals surface area contributed by atoms with Crippen LogP contribution in [0.1, 0.15) is 20.8 Å². The molecular weight excluding hydrogens is 428 g/mol. The van der Waals surface area contributed by atoms with Crippen molar-refractivity contribution in [3.8, 4) is 11.5 Å². The maximum atomic E-state index is 11.9. The van der Waals surface area contributed by atoms with E-state index in [4.69, 9.17) is 9.47 Å². The number of rotatable bonds is 7. The number of methoxy groups -OCH3 is 1. The van der Waals surface area contributed by atoms with Gasteiger partial charge in [-0.25, -0.2) is 5.43 Å². The molecule has 0 radical (unpaired) electrons. The first kappa shape index (κ1) is 19.1. The van der Waals surface area contributed by atoms with Gasteiger partial charge in [0.1, 0.15) is 6.61 Å². The van der Waals surface area contributed by atoms with E-state index in [2.05, 4.69) is 26.5 Å². The Bertz CT molecular complexity index is 928. The summed E-state index contributed by atoms with van der Waals surface area (Å²) in [5.41, 5.74) is 4.33. The number of halogens is 1. The number of hydrazone groups is 1. The molecule has 138 valence electrons. The molecule has 1 amide bonds. The van der Waals surface area contributed by atoms with Crippen molar-refractivity contribution in [2.75, 3.05) is 7.11 Å². The first-order valence-corrected chi connectivity index (χ1v) is 9.76. The van der Waals surface area contributed by atoms with E-state index in [9.17, 15) is 4.79 Å². The van der Waals surface area contributed by atoms with Gasteiger partial charge in [0, 0.05) is 0 Å². The zero-order valence-corrected chi connectivity index (χ0v) is 16.9. The molecule has 0 fully saturated rings. The van der Waals surface area contributed by atoms with Crippen molar-refractivity contribution < 1.29 is 14.3 Å². The van der Waals surface area contributed by atoms with Crippen LogP contribution in [0.15, 0.2) is 69.6 Å². The Morgan fingerprint density at radius 2 is 2.04 bits per heavy atom. The van der Waals surface area contributed by atoms with Crippen molar-refractivity contribution >= 4 is 39.4 Å². The topological polar surface area (TPSA) is 59.9 Å². The van der Waals surface area contributed by atoms with E-state index in [1.807, 2.05) is 47.8 Å². The van der Waals surface area contributed by atoms with E-state index < -0.39 is 0 Å². The Balaban J connectivity index is 1.69. The molecule has 2 aromatic carbocycles. The highest BCUT2D eigenvalue weighted by Gasteiger charge is 2.12. The van der Waals surface area contributed by atoms with E-state index in [1.165, 1.54) is 11.3 Å². The molecule has 0 aliphatic carbocycles. The number of hydrogen-bond donors (Lipinski definition) is 1. The molecule has 3 aromatic rings. The van der Waals surface area contributed by atoms with Gasteiger partial charge in [0.15, 0.2) is 11.5 Å². The Labute approximate surface area is 169 Å². The fourth-order valence-electron chi connectivity index (χ4n) is 2.31. The summed E-state index contributed by atoms with van der Waals surface area (Å²) < 4.78 is 12.1. The third kappa shape index (κ3) is 5.18. The highest BCUT2D eigenvalue weighted by atomic mass is 79.9. The van der Waals surface area contributed by atoms with E-state index in [0.29, 0.717) is 23.0 Å². The highest BCUT2D eigenvalue weighted by Crippen LogP contribution is 2.36. The number of nitrogens with zero attached hydrogens (tertiary/aromatic N) is 1. The second-order valence-corrected chi connectivity index (χ2v) is 7.29. The van der Waals surface area contributed by atoms with Crippen LogP contribution in [0.2, 0.25) is 0 Å². The summed E-state index contributed by atoms with van der Waals surface area (Å²) in [5.74, 6) is 0.947. The number of amides is 1. The zero-order valence-electron chi connectivity index (χ0n) is 14.5. The summed E-state index contributed by atoms with van der Waals surface area (Å²) in [4.78, 5) is 12.5. The molecule has 0 spiro atoms. The molecule has 1 heterocycles. The lowest BCUT2D eigenvalue weighted by Gasteiger charge is -2.13. The van der Waals surface area contributed by atoms with Crippen LogP contribution < -0.4 is 14.9 Å². The minimum atomic E-state index is -0.241. The van der Waals surface area contributed by atoms with Crippen molar-refractivity contribution in [3.63, 3.8) is 0 Å². The lowest BCUT2D eigenvalue weighted by molar-refractivity contribution is 0.0959. The Hall–Kier alpha value is -2.64. The molecule has 0 unspecified atom stereocenters. The van der Waals surface area contributed by atoms with E-state index >= 15 is 0 Å². The zero-order chi connectivity index (χ0) is 19.1. The maximum absolute atomic E-state index is 11.9. The van der Waals surface area contributed by atoms with Gasteiger partial charge in [-0.1, -0.05) is 36.4 Å². The number of carbonyl (C=O) groups excluding carboxylic acids is 1. The molecule has 0 saturated heterocycles. The Morgan fingerprint density at radius 1 is 1.22 bits per heavy atom. The van der Waals surface area contributed by atoms with Crippen molar-refractivity contribution in [3.05, 3.63) is 80.5 Å². The lowest BCUT2D eigenvalue weighted by atomic mass is 10.2. The number of thiophene rings is 1. The SMILES string of the molecule is COc1cc(/C=N\NC(=O)c2cccs2)cc(Br)c1OCc1ccccc1. The van der Waals surface area contributed by atoms with Crippen molar-refractivity contribution in [1.29, 1.82) is 0 Å². The predicted molar refractivity (Wildman–Crippen MR) is 111 cm³/mol. The van der Waals surface area contributed by atoms with Gasteiger partial charge in [-0.2, -0.15) is 5.10 Å². The highest BCUT2D eigenvalue weighted by molar-refractivity contribution is 9.10. The average molecular weight is 445 g/mol. The van der Waals surface area contributed by atoms with Gasteiger partial charge >= 0.3 is 0 Å². The average Bonchev–Trinajstić information content (AvgIpc) is 3.22. The van der Waals surface area contributed by atoms with E-state index in [0.717, 1.165) is 15.6 Å². The van der Waals surface area contributed by atoms with Crippen LogP contribution in [0, 0.1) is 0 Å². The molecule has 7 heteroatoms. The minimum Gasteiger partial charge on any atom is -0.493 e. The van der Waals surface area contributed by atoms with Gasteiger partial charge in [0.25, 0.3) is 5.91 Å². The molecule has 0 saturated carbocycles. The molecule has 3 rings (SSSR count). The van der Waals surface area contributed by atoms with Gasteiger partial charge in [0.05, 0.1) is 22.7 Å². The van der Waals surface area contributed by atoms with Gasteiger partial charge in [0.2, 0.25) is 0 Å². The second kappa shape index (κ2) is 9.34. The van der Waals surface area contributed by atoms with Gasteiger partial charge < -0.3 is 9.47 Å². The van der Waals surface area contributed by atoms with Crippen LogP contribution in [0.3, 0.4) is 0 Å². The summed E-state index contributed by atoms with van der Waals surface area (Å²) in [6.07, 6.45) is 1.56. The van der Waals surface area contributed by atoms with Crippen LogP contribution in [0.25, 0.3) is 0 Å². The largest absolute Gasteiger partial charge is 0.493 e. The fraction of sp³-hybridized carbons (Fsp3) is 0.100. The van der Waals surface area contributed by atoms with Crippen LogP contribution in [-0.4, -0.2) is 19.2 Å². The molecule has 0 bridgehead atoms. The quantitative estimate of drug-likeness (QED) is 0.417. The normalized spacial score (nSPS) is 10.7. The molecule has 0 aliphatic heterocycles. The van der Waals surface area contributed by atoms with E-state index in [1.54, 1.807) is 25.5 Å². The second-order valence-electron chi connectivity index (χ2n) is 5.48.